The Morgan fingerprint density at radius 3 is 2.23 bits per heavy atom. The van der Waals surface area contributed by atoms with Gasteiger partial charge in [0.15, 0.2) is 12.4 Å². The van der Waals surface area contributed by atoms with Gasteiger partial charge < -0.3 is 40.1 Å². The first-order chi connectivity index (χ1) is 18.8. The maximum atomic E-state index is 11.5. The summed E-state index contributed by atoms with van der Waals surface area (Å²) in [6, 6.07) is 0. The Balaban J connectivity index is 1.27. The van der Waals surface area contributed by atoms with Crippen LogP contribution < -0.4 is 0 Å². The van der Waals surface area contributed by atoms with Crippen molar-refractivity contribution < 1.29 is 49.7 Å². The molecule has 0 spiro atoms. The van der Waals surface area contributed by atoms with Crippen LogP contribution in [0.25, 0.3) is 0 Å². The van der Waals surface area contributed by atoms with Crippen LogP contribution in [0.4, 0.5) is 0 Å². The van der Waals surface area contributed by atoms with Crippen LogP contribution in [-0.2, 0) is 19.1 Å². The van der Waals surface area contributed by atoms with Gasteiger partial charge in [0.1, 0.15) is 18.3 Å². The molecule has 10 nitrogen and oxygen atoms in total. The topological polar surface area (TPSA) is 174 Å². The van der Waals surface area contributed by atoms with Crippen molar-refractivity contribution in [2.75, 3.05) is 0 Å². The summed E-state index contributed by atoms with van der Waals surface area (Å²) >= 11 is 0. The molecule has 10 heteroatoms. The van der Waals surface area contributed by atoms with Gasteiger partial charge in [0.2, 0.25) is 0 Å². The molecule has 0 radical (unpaired) electrons. The quantitative estimate of drug-likeness (QED) is 0.250. The minimum Gasteiger partial charge on any atom is -0.481 e. The predicted molar refractivity (Wildman–Crippen MR) is 142 cm³/mol. The van der Waals surface area contributed by atoms with Gasteiger partial charge >= 0.3 is 11.9 Å². The van der Waals surface area contributed by atoms with Crippen molar-refractivity contribution in [3.63, 3.8) is 0 Å². The highest BCUT2D eigenvalue weighted by molar-refractivity contribution is 5.73. The SMILES string of the molecule is C[C@H](CCC(=O)O)[C@H]1CC[C@H]2[C@@H]3C[C@H](O)[C@@H]4CC(O[C@@H]5O[C@H](C(=O)O)[C@@H](O)[C@H](O)[C@H]5O)CC[C@]4(C)[C@H]3CC[C@]12C. The van der Waals surface area contributed by atoms with Crippen LogP contribution in [-0.4, -0.2) is 85.5 Å². The highest BCUT2D eigenvalue weighted by atomic mass is 16.7. The molecule has 15 atom stereocenters. The van der Waals surface area contributed by atoms with Crippen molar-refractivity contribution in [3.8, 4) is 0 Å². The molecule has 1 unspecified atom stereocenters. The maximum Gasteiger partial charge on any atom is 0.335 e. The van der Waals surface area contributed by atoms with Crippen LogP contribution >= 0.6 is 0 Å². The normalized spacial score (nSPS) is 51.3. The van der Waals surface area contributed by atoms with E-state index in [1.165, 1.54) is 0 Å². The Morgan fingerprint density at radius 2 is 1.55 bits per heavy atom. The van der Waals surface area contributed by atoms with Gasteiger partial charge in [0, 0.05) is 6.42 Å². The lowest BCUT2D eigenvalue weighted by Crippen LogP contribution is -2.62. The fourth-order valence-corrected chi connectivity index (χ4v) is 10.3. The summed E-state index contributed by atoms with van der Waals surface area (Å²) in [7, 11) is 0. The summed E-state index contributed by atoms with van der Waals surface area (Å²) in [6.45, 7) is 6.94. The molecule has 5 rings (SSSR count). The fraction of sp³-hybridized carbons (Fsp3) is 0.933. The molecule has 0 bridgehead atoms. The second-order valence-corrected chi connectivity index (χ2v) is 14.2. The van der Waals surface area contributed by atoms with Gasteiger partial charge in [0.25, 0.3) is 0 Å². The minimum absolute atomic E-state index is 0.00457. The monoisotopic (exact) mass is 568 g/mol. The number of hydrogen-bond donors (Lipinski definition) is 6. The van der Waals surface area contributed by atoms with E-state index in [0.717, 1.165) is 38.5 Å². The van der Waals surface area contributed by atoms with Crippen molar-refractivity contribution in [2.24, 2.45) is 46.3 Å². The Hall–Kier alpha value is -1.30. The van der Waals surface area contributed by atoms with Gasteiger partial charge in [-0.05, 0) is 104 Å². The molecule has 228 valence electrons. The average molecular weight is 569 g/mol. The fourth-order valence-electron chi connectivity index (χ4n) is 10.3. The van der Waals surface area contributed by atoms with E-state index >= 15 is 0 Å². The number of carboxylic acids is 2. The van der Waals surface area contributed by atoms with E-state index in [-0.39, 0.29) is 29.3 Å². The number of rotatable bonds is 7. The highest BCUT2D eigenvalue weighted by Crippen LogP contribution is 2.68. The molecule has 4 aliphatic carbocycles. The average Bonchev–Trinajstić information content (AvgIpc) is 3.25. The standard InChI is InChI=1S/C30H48O10/c1-14(4-7-22(32)33)17-5-6-18-16-13-21(31)20-12-15(8-10-30(20,3)19(16)9-11-29(17,18)2)39-28-25(36)23(34)24(35)26(40-28)27(37)38/h14-21,23-26,28,31,34-36H,4-13H2,1-3H3,(H,32,33)(H,37,38)/t14-,15?,16+,17-,18+,19+,20+,21+,23+,24+,25-,26+,28-,29-,30-/m1/s1. The van der Waals surface area contributed by atoms with Gasteiger partial charge in [0.05, 0.1) is 12.2 Å². The van der Waals surface area contributed by atoms with Crippen LogP contribution in [0.3, 0.4) is 0 Å². The summed E-state index contributed by atoms with van der Waals surface area (Å²) in [5.41, 5.74) is 0.102. The van der Waals surface area contributed by atoms with Gasteiger partial charge in [-0.25, -0.2) is 4.79 Å². The van der Waals surface area contributed by atoms with E-state index in [1.807, 2.05) is 0 Å². The molecule has 5 aliphatic rings. The van der Waals surface area contributed by atoms with Crippen molar-refractivity contribution in [3.05, 3.63) is 0 Å². The number of hydrogen-bond acceptors (Lipinski definition) is 8. The Labute approximate surface area is 236 Å². The number of aliphatic carboxylic acids is 2. The highest BCUT2D eigenvalue weighted by Gasteiger charge is 2.62. The molecule has 0 aromatic heterocycles. The zero-order valence-electron chi connectivity index (χ0n) is 23.9. The first-order valence-electron chi connectivity index (χ1n) is 15.3. The Kier molecular flexibility index (Phi) is 8.36. The van der Waals surface area contributed by atoms with E-state index in [0.29, 0.717) is 48.9 Å². The number of carboxylic acid groups (broad SMARTS) is 2. The first kappa shape index (κ1) is 30.2. The molecule has 0 amide bonds. The summed E-state index contributed by atoms with van der Waals surface area (Å²) in [6.07, 6.45) is -0.789. The summed E-state index contributed by atoms with van der Waals surface area (Å²) in [5.74, 6) is 0.140. The first-order valence-corrected chi connectivity index (χ1v) is 15.3. The third-order valence-electron chi connectivity index (χ3n) is 12.3. The molecular weight excluding hydrogens is 520 g/mol. The third-order valence-corrected chi connectivity index (χ3v) is 12.3. The van der Waals surface area contributed by atoms with Gasteiger partial charge in [-0.1, -0.05) is 20.8 Å². The van der Waals surface area contributed by atoms with Crippen LogP contribution in [0.2, 0.25) is 0 Å². The molecule has 5 fully saturated rings. The number of fused-ring (bicyclic) bond motifs is 5. The van der Waals surface area contributed by atoms with E-state index < -0.39 is 48.7 Å². The van der Waals surface area contributed by atoms with Crippen LogP contribution in [0.15, 0.2) is 0 Å². The van der Waals surface area contributed by atoms with Crippen molar-refractivity contribution in [2.45, 2.75) is 128 Å². The zero-order chi connectivity index (χ0) is 29.1. The molecule has 4 saturated carbocycles. The van der Waals surface area contributed by atoms with Crippen molar-refractivity contribution >= 4 is 11.9 Å². The van der Waals surface area contributed by atoms with Crippen LogP contribution in [0, 0.1) is 46.3 Å². The molecule has 1 aliphatic heterocycles. The van der Waals surface area contributed by atoms with Gasteiger partial charge in [-0.3, -0.25) is 4.79 Å². The van der Waals surface area contributed by atoms with Gasteiger partial charge in [-0.15, -0.1) is 0 Å². The predicted octanol–water partition coefficient (Wildman–Crippen LogP) is 2.39. The minimum atomic E-state index is -1.76. The number of aliphatic hydroxyl groups is 4. The van der Waals surface area contributed by atoms with Crippen LogP contribution in [0.5, 0.6) is 0 Å². The molecule has 0 aromatic carbocycles. The van der Waals surface area contributed by atoms with Crippen LogP contribution in [0.1, 0.15) is 85.0 Å². The van der Waals surface area contributed by atoms with E-state index in [1.54, 1.807) is 0 Å². The summed E-state index contributed by atoms with van der Waals surface area (Å²) in [5, 5.41) is 60.7. The third kappa shape index (κ3) is 5.00. The zero-order valence-corrected chi connectivity index (χ0v) is 23.9. The number of aliphatic hydroxyl groups excluding tert-OH is 4. The lowest BCUT2D eigenvalue weighted by molar-refractivity contribution is -0.311. The number of carbonyl (C=O) groups is 2. The number of ether oxygens (including phenoxy) is 2. The Bertz CT molecular complexity index is 959. The largest absolute Gasteiger partial charge is 0.481 e. The maximum absolute atomic E-state index is 11.5. The molecular formula is C30H48O10. The summed E-state index contributed by atoms with van der Waals surface area (Å²) in [4.78, 5) is 22.7. The molecule has 1 heterocycles. The summed E-state index contributed by atoms with van der Waals surface area (Å²) < 4.78 is 11.4. The smallest absolute Gasteiger partial charge is 0.335 e. The second kappa shape index (κ2) is 11.1. The van der Waals surface area contributed by atoms with Crippen molar-refractivity contribution in [1.29, 1.82) is 0 Å². The Morgan fingerprint density at radius 1 is 0.875 bits per heavy atom. The molecule has 6 N–H and O–H groups in total. The van der Waals surface area contributed by atoms with E-state index in [2.05, 4.69) is 20.8 Å². The molecule has 0 aromatic rings. The van der Waals surface area contributed by atoms with Gasteiger partial charge in [-0.2, -0.15) is 0 Å². The second-order valence-electron chi connectivity index (χ2n) is 14.2. The lowest BCUT2D eigenvalue weighted by atomic mass is 9.43. The van der Waals surface area contributed by atoms with E-state index in [4.69, 9.17) is 9.47 Å². The van der Waals surface area contributed by atoms with Crippen molar-refractivity contribution in [1.82, 2.24) is 0 Å². The molecule has 1 saturated heterocycles. The molecule has 40 heavy (non-hydrogen) atoms. The van der Waals surface area contributed by atoms with E-state index in [9.17, 15) is 40.2 Å². The lowest BCUT2D eigenvalue weighted by Gasteiger charge is -2.62.